The summed E-state index contributed by atoms with van der Waals surface area (Å²) in [7, 11) is -3.50. The first-order valence-electron chi connectivity index (χ1n) is 11.9. The predicted octanol–water partition coefficient (Wildman–Crippen LogP) is 4.15. The summed E-state index contributed by atoms with van der Waals surface area (Å²) in [6.07, 6.45) is -1.18. The number of anilines is 1. The first-order valence-corrected chi connectivity index (χ1v) is 13.6. The summed E-state index contributed by atoms with van der Waals surface area (Å²) in [5.74, 6) is -0.0742. The number of carbonyl (C=O) groups is 1. The van der Waals surface area contributed by atoms with E-state index in [1.165, 1.54) is 4.90 Å². The summed E-state index contributed by atoms with van der Waals surface area (Å²) in [5.41, 5.74) is 9.00. The molecule has 36 heavy (non-hydrogen) atoms. The van der Waals surface area contributed by atoms with Gasteiger partial charge in [-0.25, -0.2) is 13.2 Å². The molecular weight excluding hydrogens is 478 g/mol. The van der Waals surface area contributed by atoms with Crippen molar-refractivity contribution < 1.29 is 23.1 Å². The van der Waals surface area contributed by atoms with Crippen molar-refractivity contribution in [3.63, 3.8) is 0 Å². The minimum Gasteiger partial charge on any atom is -0.444 e. The normalized spacial score (nSPS) is 13.5. The number of carbonyl (C=O) groups excluding carboxylic acids is 1. The summed E-state index contributed by atoms with van der Waals surface area (Å²) >= 11 is 0. The molecule has 0 radical (unpaired) electrons. The lowest BCUT2D eigenvalue weighted by molar-refractivity contribution is 0.00995. The van der Waals surface area contributed by atoms with Crippen molar-refractivity contribution in [2.45, 2.75) is 65.3 Å². The average Bonchev–Trinajstić information content (AvgIpc) is 2.77. The first kappa shape index (κ1) is 29.4. The van der Waals surface area contributed by atoms with Gasteiger partial charge in [0, 0.05) is 18.3 Å². The van der Waals surface area contributed by atoms with E-state index < -0.39 is 33.9 Å². The van der Waals surface area contributed by atoms with E-state index >= 15 is 0 Å². The molecule has 9 heteroatoms. The standard InChI is InChI=1S/C27H39N3O5S/c1-7-36(33,34)29-23-14-21(13-22(16-23)19(2)3)17-30(26(32)35-27(4,5)6)18-25(31)24(28)15-20-11-9-8-10-12-20/h8-14,16,24-25,29,31H,2,7,15,17-18,28H2,1,3-6H3. The van der Waals surface area contributed by atoms with Gasteiger partial charge in [-0.15, -0.1) is 0 Å². The zero-order valence-corrected chi connectivity index (χ0v) is 22.6. The van der Waals surface area contributed by atoms with Gasteiger partial charge in [0.05, 0.1) is 18.4 Å². The van der Waals surface area contributed by atoms with Crippen molar-refractivity contribution in [3.8, 4) is 0 Å². The van der Waals surface area contributed by atoms with Crippen LogP contribution in [0.1, 0.15) is 51.3 Å². The van der Waals surface area contributed by atoms with Crippen LogP contribution in [0.25, 0.3) is 5.57 Å². The highest BCUT2D eigenvalue weighted by Gasteiger charge is 2.27. The molecule has 0 spiro atoms. The van der Waals surface area contributed by atoms with E-state index in [2.05, 4.69) is 11.3 Å². The van der Waals surface area contributed by atoms with Gasteiger partial charge < -0.3 is 20.5 Å². The third-order valence-electron chi connectivity index (χ3n) is 5.38. The Kier molecular flexibility index (Phi) is 10.1. The molecule has 4 N–H and O–H groups in total. The van der Waals surface area contributed by atoms with Crippen LogP contribution in [-0.2, 0) is 27.7 Å². The maximum absolute atomic E-state index is 13.1. The number of allylic oxidation sites excluding steroid dienone is 1. The van der Waals surface area contributed by atoms with Crippen LogP contribution in [0.2, 0.25) is 0 Å². The van der Waals surface area contributed by atoms with Crippen molar-refractivity contribution in [2.75, 3.05) is 17.0 Å². The summed E-state index contributed by atoms with van der Waals surface area (Å²) in [6.45, 7) is 12.6. The van der Waals surface area contributed by atoms with Crippen LogP contribution in [0.3, 0.4) is 0 Å². The van der Waals surface area contributed by atoms with Crippen LogP contribution in [0.5, 0.6) is 0 Å². The van der Waals surface area contributed by atoms with Crippen LogP contribution in [0.15, 0.2) is 55.1 Å². The minimum absolute atomic E-state index is 0.0593. The average molecular weight is 518 g/mol. The number of hydrogen-bond acceptors (Lipinski definition) is 6. The Labute approximate surface area is 215 Å². The number of hydrogen-bond donors (Lipinski definition) is 3. The number of benzene rings is 2. The molecule has 2 rings (SSSR count). The Balaban J connectivity index is 2.33. The Morgan fingerprint density at radius 3 is 2.36 bits per heavy atom. The molecule has 1 amide bonds. The fourth-order valence-corrected chi connectivity index (χ4v) is 4.10. The molecule has 0 saturated carbocycles. The fraction of sp³-hybridized carbons (Fsp3) is 0.444. The number of nitrogens with two attached hydrogens (primary N) is 1. The SMILES string of the molecule is C=C(C)c1cc(CN(CC(O)C(N)Cc2ccccc2)C(=O)OC(C)(C)C)cc(NS(=O)(=O)CC)c1. The molecule has 2 unspecified atom stereocenters. The maximum atomic E-state index is 13.1. The van der Waals surface area contributed by atoms with Crippen LogP contribution in [0.4, 0.5) is 10.5 Å². The van der Waals surface area contributed by atoms with Crippen LogP contribution >= 0.6 is 0 Å². The Morgan fingerprint density at radius 2 is 1.81 bits per heavy atom. The molecule has 198 valence electrons. The molecule has 0 fully saturated rings. The van der Waals surface area contributed by atoms with E-state index in [1.54, 1.807) is 39.8 Å². The van der Waals surface area contributed by atoms with E-state index in [4.69, 9.17) is 10.5 Å². The minimum atomic E-state index is -3.50. The van der Waals surface area contributed by atoms with Crippen LogP contribution < -0.4 is 10.5 Å². The summed E-state index contributed by atoms with van der Waals surface area (Å²) in [4.78, 5) is 14.5. The second-order valence-electron chi connectivity index (χ2n) is 9.99. The summed E-state index contributed by atoms with van der Waals surface area (Å²) in [6, 6.07) is 14.2. The quantitative estimate of drug-likeness (QED) is 0.412. The van der Waals surface area contributed by atoms with Crippen molar-refractivity contribution >= 4 is 27.4 Å². The molecule has 0 aromatic heterocycles. The van der Waals surface area contributed by atoms with E-state index in [0.717, 1.165) is 16.7 Å². The van der Waals surface area contributed by atoms with Crippen molar-refractivity contribution in [2.24, 2.45) is 5.73 Å². The van der Waals surface area contributed by atoms with Gasteiger partial charge >= 0.3 is 6.09 Å². The third kappa shape index (κ3) is 9.64. The van der Waals surface area contributed by atoms with Crippen LogP contribution in [0, 0.1) is 0 Å². The maximum Gasteiger partial charge on any atom is 0.410 e. The van der Waals surface area contributed by atoms with Crippen molar-refractivity contribution in [1.29, 1.82) is 0 Å². The molecule has 2 aromatic carbocycles. The van der Waals surface area contributed by atoms with E-state index in [0.29, 0.717) is 17.7 Å². The number of amides is 1. The van der Waals surface area contributed by atoms with Crippen molar-refractivity contribution in [3.05, 3.63) is 71.8 Å². The number of aliphatic hydroxyl groups excluding tert-OH is 1. The number of rotatable bonds is 11. The number of nitrogens with zero attached hydrogens (tertiary/aromatic N) is 1. The second kappa shape index (κ2) is 12.4. The largest absolute Gasteiger partial charge is 0.444 e. The fourth-order valence-electron chi connectivity index (χ4n) is 3.47. The second-order valence-corrected chi connectivity index (χ2v) is 12.0. The van der Waals surface area contributed by atoms with Gasteiger partial charge in [0.15, 0.2) is 0 Å². The topological polar surface area (TPSA) is 122 Å². The molecule has 0 aliphatic heterocycles. The number of aliphatic hydroxyl groups is 1. The van der Waals surface area contributed by atoms with E-state index in [1.807, 2.05) is 43.3 Å². The number of nitrogens with one attached hydrogen (secondary N) is 1. The smallest absolute Gasteiger partial charge is 0.410 e. The highest BCUT2D eigenvalue weighted by Crippen LogP contribution is 2.23. The molecular formula is C27H39N3O5S. The molecule has 0 bridgehead atoms. The van der Waals surface area contributed by atoms with E-state index in [9.17, 15) is 18.3 Å². The predicted molar refractivity (Wildman–Crippen MR) is 145 cm³/mol. The molecule has 0 aliphatic rings. The number of ether oxygens (including phenoxy) is 1. The Bertz CT molecular complexity index is 1140. The molecule has 2 aromatic rings. The number of sulfonamides is 1. The molecule has 0 saturated heterocycles. The van der Waals surface area contributed by atoms with Gasteiger partial charge in [-0.05, 0) is 75.9 Å². The lowest BCUT2D eigenvalue weighted by Crippen LogP contribution is -2.47. The molecule has 2 atom stereocenters. The van der Waals surface area contributed by atoms with Crippen molar-refractivity contribution in [1.82, 2.24) is 4.90 Å². The van der Waals surface area contributed by atoms with Gasteiger partial charge in [0.2, 0.25) is 10.0 Å². The van der Waals surface area contributed by atoms with E-state index in [-0.39, 0.29) is 18.8 Å². The van der Waals surface area contributed by atoms with Gasteiger partial charge in [-0.1, -0.05) is 42.5 Å². The van der Waals surface area contributed by atoms with Gasteiger partial charge in [-0.2, -0.15) is 0 Å². The lowest BCUT2D eigenvalue weighted by atomic mass is 10.0. The zero-order valence-electron chi connectivity index (χ0n) is 21.8. The third-order valence-corrected chi connectivity index (χ3v) is 6.69. The summed E-state index contributed by atoms with van der Waals surface area (Å²) in [5, 5.41) is 10.9. The Morgan fingerprint density at radius 1 is 1.17 bits per heavy atom. The zero-order chi connectivity index (χ0) is 27.1. The monoisotopic (exact) mass is 517 g/mol. The first-order chi connectivity index (χ1) is 16.7. The molecule has 0 aliphatic carbocycles. The Hall–Kier alpha value is -2.88. The van der Waals surface area contributed by atoms with Gasteiger partial charge in [-0.3, -0.25) is 4.72 Å². The van der Waals surface area contributed by atoms with Gasteiger partial charge in [0.1, 0.15) is 5.60 Å². The van der Waals surface area contributed by atoms with Crippen LogP contribution in [-0.4, -0.2) is 54.6 Å². The molecule has 0 heterocycles. The summed E-state index contributed by atoms with van der Waals surface area (Å²) < 4.78 is 32.4. The lowest BCUT2D eigenvalue weighted by Gasteiger charge is -2.31. The van der Waals surface area contributed by atoms with Gasteiger partial charge in [0.25, 0.3) is 0 Å². The highest BCUT2D eigenvalue weighted by molar-refractivity contribution is 7.92. The highest BCUT2D eigenvalue weighted by atomic mass is 32.2. The molecule has 8 nitrogen and oxygen atoms in total.